The number of anilines is 2. The van der Waals surface area contributed by atoms with Gasteiger partial charge in [-0.2, -0.15) is 0 Å². The maximum absolute atomic E-state index is 4.53. The third-order valence-corrected chi connectivity index (χ3v) is 3.73. The molecule has 0 aliphatic heterocycles. The standard InChI is InChI=1S/C17H22N4/c1-3-21(16-6-4-5-13(2)9-16)17-19-11-14(12-20-17)10-18-15-7-8-15/h4-6,9,11-12,15,18H,3,7-8,10H2,1-2H3. The lowest BCUT2D eigenvalue weighted by atomic mass is 10.2. The number of nitrogens with one attached hydrogen (secondary N) is 1. The number of benzene rings is 1. The minimum absolute atomic E-state index is 0.712. The molecule has 1 heterocycles. The highest BCUT2D eigenvalue weighted by molar-refractivity contribution is 5.57. The number of aromatic nitrogens is 2. The van der Waals surface area contributed by atoms with Crippen molar-refractivity contribution in [3.8, 4) is 0 Å². The van der Waals surface area contributed by atoms with Gasteiger partial charge in [-0.05, 0) is 44.4 Å². The molecule has 1 aromatic heterocycles. The summed E-state index contributed by atoms with van der Waals surface area (Å²) >= 11 is 0. The number of aryl methyl sites for hydroxylation is 1. The number of hydrogen-bond acceptors (Lipinski definition) is 4. The molecule has 1 aliphatic carbocycles. The molecule has 1 aromatic carbocycles. The Balaban J connectivity index is 1.73. The summed E-state index contributed by atoms with van der Waals surface area (Å²) in [6.45, 7) is 5.93. The topological polar surface area (TPSA) is 41.1 Å². The Labute approximate surface area is 126 Å². The van der Waals surface area contributed by atoms with Crippen LogP contribution in [0.2, 0.25) is 0 Å². The predicted molar refractivity (Wildman–Crippen MR) is 85.8 cm³/mol. The van der Waals surface area contributed by atoms with E-state index in [4.69, 9.17) is 0 Å². The van der Waals surface area contributed by atoms with E-state index in [1.807, 2.05) is 12.4 Å². The number of rotatable bonds is 6. The molecule has 0 radical (unpaired) electrons. The highest BCUT2D eigenvalue weighted by Crippen LogP contribution is 2.23. The second-order valence-corrected chi connectivity index (χ2v) is 5.63. The van der Waals surface area contributed by atoms with Crippen LogP contribution in [0.3, 0.4) is 0 Å². The van der Waals surface area contributed by atoms with E-state index in [0.29, 0.717) is 6.04 Å². The van der Waals surface area contributed by atoms with Gasteiger partial charge in [0.25, 0.3) is 0 Å². The summed E-state index contributed by atoms with van der Waals surface area (Å²) < 4.78 is 0. The normalized spacial score (nSPS) is 14.2. The van der Waals surface area contributed by atoms with Crippen molar-refractivity contribution in [3.63, 3.8) is 0 Å². The van der Waals surface area contributed by atoms with Crippen LogP contribution in [-0.4, -0.2) is 22.6 Å². The molecule has 4 heteroatoms. The van der Waals surface area contributed by atoms with Gasteiger partial charge in [-0.15, -0.1) is 0 Å². The van der Waals surface area contributed by atoms with Crippen molar-refractivity contribution in [2.75, 3.05) is 11.4 Å². The Morgan fingerprint density at radius 1 is 1.24 bits per heavy atom. The maximum Gasteiger partial charge on any atom is 0.229 e. The summed E-state index contributed by atoms with van der Waals surface area (Å²) in [6.07, 6.45) is 6.46. The van der Waals surface area contributed by atoms with Crippen molar-refractivity contribution < 1.29 is 0 Å². The van der Waals surface area contributed by atoms with E-state index in [9.17, 15) is 0 Å². The molecule has 1 aliphatic rings. The Hall–Kier alpha value is -1.94. The number of hydrogen-bond donors (Lipinski definition) is 1. The third kappa shape index (κ3) is 3.58. The Bertz CT molecular complexity index is 590. The largest absolute Gasteiger partial charge is 0.311 e. The molecule has 0 unspecified atom stereocenters. The van der Waals surface area contributed by atoms with Gasteiger partial charge in [0.05, 0.1) is 0 Å². The molecule has 1 fully saturated rings. The van der Waals surface area contributed by atoms with E-state index in [2.05, 4.69) is 58.3 Å². The highest BCUT2D eigenvalue weighted by Gasteiger charge is 2.20. The van der Waals surface area contributed by atoms with Gasteiger partial charge in [-0.1, -0.05) is 12.1 Å². The molecule has 4 nitrogen and oxygen atoms in total. The highest BCUT2D eigenvalue weighted by atomic mass is 15.2. The summed E-state index contributed by atoms with van der Waals surface area (Å²) in [5.74, 6) is 0.762. The van der Waals surface area contributed by atoms with Crippen molar-refractivity contribution in [1.82, 2.24) is 15.3 Å². The zero-order valence-corrected chi connectivity index (χ0v) is 12.7. The van der Waals surface area contributed by atoms with E-state index in [-0.39, 0.29) is 0 Å². The molecule has 0 bridgehead atoms. The van der Waals surface area contributed by atoms with Crippen LogP contribution in [0.4, 0.5) is 11.6 Å². The lowest BCUT2D eigenvalue weighted by molar-refractivity contribution is 0.683. The van der Waals surface area contributed by atoms with Crippen LogP contribution in [-0.2, 0) is 6.54 Å². The molecule has 0 amide bonds. The zero-order valence-electron chi connectivity index (χ0n) is 12.7. The fraction of sp³-hybridized carbons (Fsp3) is 0.412. The maximum atomic E-state index is 4.53. The molecule has 0 saturated heterocycles. The van der Waals surface area contributed by atoms with Crippen molar-refractivity contribution in [2.24, 2.45) is 0 Å². The van der Waals surface area contributed by atoms with Crippen LogP contribution < -0.4 is 10.2 Å². The summed E-state index contributed by atoms with van der Waals surface area (Å²) in [4.78, 5) is 11.2. The minimum Gasteiger partial charge on any atom is -0.311 e. The summed E-state index contributed by atoms with van der Waals surface area (Å²) in [5, 5.41) is 3.48. The predicted octanol–water partition coefficient (Wildman–Crippen LogP) is 3.20. The van der Waals surface area contributed by atoms with Crippen LogP contribution in [0.1, 0.15) is 30.9 Å². The fourth-order valence-corrected chi connectivity index (χ4v) is 2.36. The van der Waals surface area contributed by atoms with Crippen molar-refractivity contribution in [1.29, 1.82) is 0 Å². The molecule has 21 heavy (non-hydrogen) atoms. The van der Waals surface area contributed by atoms with Crippen LogP contribution >= 0.6 is 0 Å². The lowest BCUT2D eigenvalue weighted by Crippen LogP contribution is -2.20. The third-order valence-electron chi connectivity index (χ3n) is 3.73. The van der Waals surface area contributed by atoms with Crippen molar-refractivity contribution in [2.45, 2.75) is 39.3 Å². The summed E-state index contributed by atoms with van der Waals surface area (Å²) in [5.41, 5.74) is 3.53. The molecule has 110 valence electrons. The minimum atomic E-state index is 0.712. The van der Waals surface area contributed by atoms with Gasteiger partial charge in [-0.3, -0.25) is 0 Å². The zero-order chi connectivity index (χ0) is 14.7. The van der Waals surface area contributed by atoms with Gasteiger partial charge in [0.2, 0.25) is 5.95 Å². The van der Waals surface area contributed by atoms with E-state index in [1.54, 1.807) is 0 Å². The van der Waals surface area contributed by atoms with Crippen molar-refractivity contribution in [3.05, 3.63) is 47.8 Å². The second-order valence-electron chi connectivity index (χ2n) is 5.63. The van der Waals surface area contributed by atoms with Gasteiger partial charge < -0.3 is 10.2 Å². The van der Waals surface area contributed by atoms with Gasteiger partial charge in [0.15, 0.2) is 0 Å². The van der Waals surface area contributed by atoms with E-state index >= 15 is 0 Å². The van der Waals surface area contributed by atoms with Gasteiger partial charge >= 0.3 is 0 Å². The summed E-state index contributed by atoms with van der Waals surface area (Å²) in [7, 11) is 0. The quantitative estimate of drug-likeness (QED) is 0.883. The average molecular weight is 282 g/mol. The van der Waals surface area contributed by atoms with E-state index in [0.717, 1.165) is 30.3 Å². The first-order valence-electron chi connectivity index (χ1n) is 7.65. The number of nitrogens with zero attached hydrogens (tertiary/aromatic N) is 3. The molecule has 1 N–H and O–H groups in total. The van der Waals surface area contributed by atoms with Gasteiger partial charge in [0, 0.05) is 42.8 Å². The first-order valence-corrected chi connectivity index (χ1v) is 7.65. The first-order chi connectivity index (χ1) is 10.3. The molecular weight excluding hydrogens is 260 g/mol. The fourth-order valence-electron chi connectivity index (χ4n) is 2.36. The molecular formula is C17H22N4. The van der Waals surface area contributed by atoms with E-state index < -0.39 is 0 Å². The molecule has 3 rings (SSSR count). The monoisotopic (exact) mass is 282 g/mol. The SMILES string of the molecule is CCN(c1cccc(C)c1)c1ncc(CNC2CC2)cn1. The van der Waals surface area contributed by atoms with Gasteiger partial charge in [0.1, 0.15) is 0 Å². The molecule has 0 atom stereocenters. The second kappa shape index (κ2) is 6.22. The Morgan fingerprint density at radius 3 is 2.62 bits per heavy atom. The first kappa shape index (κ1) is 14.0. The summed E-state index contributed by atoms with van der Waals surface area (Å²) in [6, 6.07) is 9.15. The molecule has 2 aromatic rings. The van der Waals surface area contributed by atoms with Crippen LogP contribution in [0.25, 0.3) is 0 Å². The molecule has 0 spiro atoms. The van der Waals surface area contributed by atoms with Crippen LogP contribution in [0.5, 0.6) is 0 Å². The lowest BCUT2D eigenvalue weighted by Gasteiger charge is -2.21. The van der Waals surface area contributed by atoms with Crippen molar-refractivity contribution >= 4 is 11.6 Å². The van der Waals surface area contributed by atoms with Crippen LogP contribution in [0.15, 0.2) is 36.7 Å². The Morgan fingerprint density at radius 2 is 2.00 bits per heavy atom. The Kier molecular flexibility index (Phi) is 4.15. The van der Waals surface area contributed by atoms with E-state index in [1.165, 1.54) is 18.4 Å². The van der Waals surface area contributed by atoms with Crippen LogP contribution in [0, 0.1) is 6.92 Å². The average Bonchev–Trinajstić information content (AvgIpc) is 3.32. The van der Waals surface area contributed by atoms with Gasteiger partial charge in [-0.25, -0.2) is 9.97 Å². The smallest absolute Gasteiger partial charge is 0.229 e. The molecule has 1 saturated carbocycles.